The van der Waals surface area contributed by atoms with E-state index in [1.165, 1.54) is 6.54 Å². The maximum atomic E-state index is 9.76. The predicted molar refractivity (Wildman–Crippen MR) is 50.5 cm³/mol. The second kappa shape index (κ2) is 3.56. The average Bonchev–Trinajstić information content (AvgIpc) is 2.42. The molecule has 4 atom stereocenters. The molecule has 2 rings (SSSR count). The van der Waals surface area contributed by atoms with Crippen molar-refractivity contribution in [2.75, 3.05) is 27.2 Å². The van der Waals surface area contributed by atoms with Crippen LogP contribution in [0.15, 0.2) is 0 Å². The van der Waals surface area contributed by atoms with Gasteiger partial charge in [-0.15, -0.1) is 0 Å². The third-order valence-electron chi connectivity index (χ3n) is 3.57. The van der Waals surface area contributed by atoms with Gasteiger partial charge in [-0.25, -0.2) is 0 Å². The van der Waals surface area contributed by atoms with Crippen LogP contribution in [-0.2, 0) is 4.74 Å². The zero-order chi connectivity index (χ0) is 9.42. The first-order chi connectivity index (χ1) is 6.20. The van der Waals surface area contributed by atoms with Gasteiger partial charge in [0.05, 0.1) is 12.2 Å². The van der Waals surface area contributed by atoms with Crippen LogP contribution < -0.4 is 0 Å². The summed E-state index contributed by atoms with van der Waals surface area (Å²) in [6.45, 7) is 2.33. The Balaban J connectivity index is 1.99. The molecule has 1 heterocycles. The first kappa shape index (κ1) is 9.44. The Bertz CT molecular complexity index is 186. The molecule has 1 aliphatic heterocycles. The molecule has 0 unspecified atom stereocenters. The first-order valence-corrected chi connectivity index (χ1v) is 5.10. The molecule has 3 heteroatoms. The topological polar surface area (TPSA) is 32.7 Å². The smallest absolute Gasteiger partial charge is 0.0833 e. The minimum Gasteiger partial charge on any atom is -0.390 e. The summed E-state index contributed by atoms with van der Waals surface area (Å²) in [7, 11) is 3.86. The van der Waals surface area contributed by atoms with Gasteiger partial charge >= 0.3 is 0 Å². The van der Waals surface area contributed by atoms with E-state index < -0.39 is 0 Å². The molecule has 1 saturated carbocycles. The van der Waals surface area contributed by atoms with Crippen LogP contribution >= 0.6 is 0 Å². The molecule has 0 radical (unpaired) electrons. The summed E-state index contributed by atoms with van der Waals surface area (Å²) >= 11 is 0. The third kappa shape index (κ3) is 1.73. The van der Waals surface area contributed by atoms with E-state index >= 15 is 0 Å². The maximum Gasteiger partial charge on any atom is 0.0833 e. The van der Waals surface area contributed by atoms with Crippen molar-refractivity contribution in [3.05, 3.63) is 0 Å². The number of likely N-dealkylation sites (tertiary alicyclic amines) is 1. The van der Waals surface area contributed by atoms with Gasteiger partial charge in [-0.3, -0.25) is 0 Å². The molecule has 0 bridgehead atoms. The van der Waals surface area contributed by atoms with Crippen LogP contribution in [0.3, 0.4) is 0 Å². The zero-order valence-corrected chi connectivity index (χ0v) is 8.44. The molecule has 1 saturated heterocycles. The van der Waals surface area contributed by atoms with Crippen LogP contribution in [0.1, 0.15) is 12.8 Å². The summed E-state index contributed by atoms with van der Waals surface area (Å²) in [5, 5.41) is 9.76. The van der Waals surface area contributed by atoms with E-state index in [0.717, 1.165) is 25.3 Å². The lowest BCUT2D eigenvalue weighted by atomic mass is 9.78. The summed E-state index contributed by atoms with van der Waals surface area (Å²) in [6, 6.07) is 0. The number of ether oxygens (including phenoxy) is 1. The van der Waals surface area contributed by atoms with Gasteiger partial charge in [-0.1, -0.05) is 0 Å². The fourth-order valence-corrected chi connectivity index (χ4v) is 2.88. The summed E-state index contributed by atoms with van der Waals surface area (Å²) in [4.78, 5) is 2.36. The van der Waals surface area contributed by atoms with Crippen LogP contribution in [0.25, 0.3) is 0 Å². The van der Waals surface area contributed by atoms with Crippen LogP contribution in [0.2, 0.25) is 0 Å². The summed E-state index contributed by atoms with van der Waals surface area (Å²) in [5.74, 6) is 1.45. The third-order valence-corrected chi connectivity index (χ3v) is 3.57. The van der Waals surface area contributed by atoms with Crippen LogP contribution in [0.5, 0.6) is 0 Å². The van der Waals surface area contributed by atoms with Gasteiger partial charge in [0.1, 0.15) is 0 Å². The summed E-state index contributed by atoms with van der Waals surface area (Å²) < 4.78 is 5.28. The number of methoxy groups -OCH3 is 1. The standard InChI is InChI=1S/C10H19NO2/c1-11-5-7-3-9(12)10(13-2)4-8(7)6-11/h7-10,12H,3-6H2,1-2H3/t7-,8+,9+,10-/m1/s1. The number of fused-ring (bicyclic) bond motifs is 1. The minimum atomic E-state index is -0.238. The Morgan fingerprint density at radius 3 is 2.46 bits per heavy atom. The van der Waals surface area contributed by atoms with Crippen LogP contribution in [0.4, 0.5) is 0 Å². The number of aliphatic hydroxyl groups excluding tert-OH is 1. The molecule has 76 valence electrons. The molecule has 2 aliphatic rings. The normalized spacial score (nSPS) is 46.4. The summed E-state index contributed by atoms with van der Waals surface area (Å²) in [5.41, 5.74) is 0. The van der Waals surface area contributed by atoms with Crippen molar-refractivity contribution >= 4 is 0 Å². The molecule has 1 N–H and O–H groups in total. The summed E-state index contributed by atoms with van der Waals surface area (Å²) in [6.07, 6.45) is 1.80. The molecule has 3 nitrogen and oxygen atoms in total. The molecule has 1 aliphatic carbocycles. The Morgan fingerprint density at radius 2 is 1.85 bits per heavy atom. The highest BCUT2D eigenvalue weighted by atomic mass is 16.5. The molecule has 0 amide bonds. The largest absolute Gasteiger partial charge is 0.390 e. The van der Waals surface area contributed by atoms with Crippen molar-refractivity contribution in [3.63, 3.8) is 0 Å². The van der Waals surface area contributed by atoms with Crippen molar-refractivity contribution in [2.45, 2.75) is 25.0 Å². The van der Waals surface area contributed by atoms with E-state index in [2.05, 4.69) is 11.9 Å². The van der Waals surface area contributed by atoms with E-state index in [1.54, 1.807) is 7.11 Å². The van der Waals surface area contributed by atoms with Crippen molar-refractivity contribution < 1.29 is 9.84 Å². The Morgan fingerprint density at radius 1 is 1.23 bits per heavy atom. The average molecular weight is 185 g/mol. The molecule has 0 aromatic rings. The zero-order valence-electron chi connectivity index (χ0n) is 8.44. The fourth-order valence-electron chi connectivity index (χ4n) is 2.88. The van der Waals surface area contributed by atoms with Crippen molar-refractivity contribution in [3.8, 4) is 0 Å². The van der Waals surface area contributed by atoms with Crippen LogP contribution in [0, 0.1) is 11.8 Å². The highest BCUT2D eigenvalue weighted by molar-refractivity contribution is 4.92. The maximum absolute atomic E-state index is 9.76. The Hall–Kier alpha value is -0.120. The predicted octanol–water partition coefficient (Wildman–Crippen LogP) is 0.334. The van der Waals surface area contributed by atoms with Gasteiger partial charge in [0.2, 0.25) is 0 Å². The first-order valence-electron chi connectivity index (χ1n) is 5.10. The van der Waals surface area contributed by atoms with E-state index in [4.69, 9.17) is 4.74 Å². The van der Waals surface area contributed by atoms with Gasteiger partial charge < -0.3 is 14.7 Å². The fraction of sp³-hybridized carbons (Fsp3) is 1.00. The van der Waals surface area contributed by atoms with E-state index in [-0.39, 0.29) is 12.2 Å². The monoisotopic (exact) mass is 185 g/mol. The number of aliphatic hydroxyl groups is 1. The van der Waals surface area contributed by atoms with E-state index in [9.17, 15) is 5.11 Å². The van der Waals surface area contributed by atoms with E-state index in [0.29, 0.717) is 5.92 Å². The molecule has 0 aromatic heterocycles. The number of rotatable bonds is 1. The lowest BCUT2D eigenvalue weighted by molar-refractivity contribution is -0.0603. The van der Waals surface area contributed by atoms with Crippen molar-refractivity contribution in [1.82, 2.24) is 4.90 Å². The second-order valence-electron chi connectivity index (χ2n) is 4.55. The number of nitrogens with zero attached hydrogens (tertiary/aromatic N) is 1. The molecule has 0 spiro atoms. The highest BCUT2D eigenvalue weighted by Gasteiger charge is 2.40. The number of hydrogen-bond acceptors (Lipinski definition) is 3. The molecular formula is C10H19NO2. The second-order valence-corrected chi connectivity index (χ2v) is 4.55. The SMILES string of the molecule is CO[C@@H]1C[C@H]2CN(C)C[C@H]2C[C@@H]1O. The van der Waals surface area contributed by atoms with Gasteiger partial charge in [0.15, 0.2) is 0 Å². The van der Waals surface area contributed by atoms with Gasteiger partial charge in [-0.2, -0.15) is 0 Å². The molecule has 0 aromatic carbocycles. The minimum absolute atomic E-state index is 0.0766. The quantitative estimate of drug-likeness (QED) is 0.639. The van der Waals surface area contributed by atoms with E-state index in [1.807, 2.05) is 0 Å². The van der Waals surface area contributed by atoms with Gasteiger partial charge in [0.25, 0.3) is 0 Å². The Kier molecular flexibility index (Phi) is 2.58. The number of hydrogen-bond donors (Lipinski definition) is 1. The lowest BCUT2D eigenvalue weighted by Crippen LogP contribution is -2.39. The van der Waals surface area contributed by atoms with Crippen LogP contribution in [-0.4, -0.2) is 49.5 Å². The highest BCUT2D eigenvalue weighted by Crippen LogP contribution is 2.36. The Labute approximate surface area is 79.7 Å². The molecule has 13 heavy (non-hydrogen) atoms. The molecule has 2 fully saturated rings. The van der Waals surface area contributed by atoms with Gasteiger partial charge in [0, 0.05) is 20.2 Å². The van der Waals surface area contributed by atoms with Crippen molar-refractivity contribution in [2.24, 2.45) is 11.8 Å². The van der Waals surface area contributed by atoms with Crippen molar-refractivity contribution in [1.29, 1.82) is 0 Å². The van der Waals surface area contributed by atoms with Gasteiger partial charge in [-0.05, 0) is 31.7 Å². The molecular weight excluding hydrogens is 166 g/mol. The lowest BCUT2D eigenvalue weighted by Gasteiger charge is -2.34.